The van der Waals surface area contributed by atoms with E-state index in [4.69, 9.17) is 0 Å². The number of fused-ring (bicyclic) bond motifs is 1. The average Bonchev–Trinajstić information content (AvgIpc) is 3.26. The summed E-state index contributed by atoms with van der Waals surface area (Å²) >= 11 is 1.46. The lowest BCUT2D eigenvalue weighted by molar-refractivity contribution is 0.0763. The van der Waals surface area contributed by atoms with Crippen LogP contribution >= 0.6 is 23.7 Å². The van der Waals surface area contributed by atoms with Gasteiger partial charge in [0.15, 0.2) is 0 Å². The van der Waals surface area contributed by atoms with Crippen LogP contribution in [0.3, 0.4) is 0 Å². The van der Waals surface area contributed by atoms with E-state index in [1.165, 1.54) is 17.7 Å². The molecule has 9 heteroatoms. The van der Waals surface area contributed by atoms with Crippen molar-refractivity contribution in [1.29, 1.82) is 0 Å². The van der Waals surface area contributed by atoms with Crippen LogP contribution in [0.15, 0.2) is 17.8 Å². The maximum absolute atomic E-state index is 12.9. The van der Waals surface area contributed by atoms with E-state index in [0.717, 1.165) is 61.4 Å². The molecule has 2 fully saturated rings. The van der Waals surface area contributed by atoms with E-state index in [1.54, 1.807) is 4.68 Å². The van der Waals surface area contributed by atoms with Gasteiger partial charge in [-0.15, -0.1) is 28.8 Å². The third kappa shape index (κ3) is 3.11. The van der Waals surface area contributed by atoms with E-state index in [1.807, 2.05) is 16.3 Å². The van der Waals surface area contributed by atoms with Crippen molar-refractivity contribution in [3.05, 3.63) is 22.7 Å². The normalized spacial score (nSPS) is 23.9. The van der Waals surface area contributed by atoms with Crippen LogP contribution in [0.5, 0.6) is 0 Å². The SMILES string of the molecule is Cl.O=C(c1sccc1-n1cnnn1)N1CC[C@@H]2CNC[C@@H]2CC1. The second-order valence-corrected chi connectivity index (χ2v) is 6.85. The molecular formula is C14H19ClN6OS. The fourth-order valence-corrected chi connectivity index (χ4v) is 4.32. The van der Waals surface area contributed by atoms with Gasteiger partial charge in [0.1, 0.15) is 11.2 Å². The molecule has 0 aliphatic carbocycles. The summed E-state index contributed by atoms with van der Waals surface area (Å²) in [6.45, 7) is 3.88. The summed E-state index contributed by atoms with van der Waals surface area (Å²) in [6.07, 6.45) is 3.71. The number of hydrogen-bond acceptors (Lipinski definition) is 6. The Morgan fingerprint density at radius 2 is 2.00 bits per heavy atom. The average molecular weight is 355 g/mol. The van der Waals surface area contributed by atoms with Crippen molar-refractivity contribution in [2.75, 3.05) is 26.2 Å². The minimum atomic E-state index is 0. The Hall–Kier alpha value is -1.51. The molecule has 4 rings (SSSR count). The van der Waals surface area contributed by atoms with Gasteiger partial charge in [-0.2, -0.15) is 4.68 Å². The highest BCUT2D eigenvalue weighted by Crippen LogP contribution is 2.29. The fraction of sp³-hybridized carbons (Fsp3) is 0.571. The molecule has 2 aliphatic rings. The standard InChI is InChI=1S/C14H18N6OS.ClH/c21-14(13-12(3-6-22-13)20-9-16-17-18-20)19-4-1-10-7-15-8-11(10)2-5-19;/h3,6,9-11,15H,1-2,4-5,7-8H2;1H/t10-,11+;. The predicted octanol–water partition coefficient (Wildman–Crippen LogP) is 1.22. The fourth-order valence-electron chi connectivity index (χ4n) is 3.48. The number of nitrogens with one attached hydrogen (secondary N) is 1. The molecular weight excluding hydrogens is 336 g/mol. The van der Waals surface area contributed by atoms with Crippen LogP contribution in [0.2, 0.25) is 0 Å². The highest BCUT2D eigenvalue weighted by atomic mass is 35.5. The lowest BCUT2D eigenvalue weighted by atomic mass is 9.92. The smallest absolute Gasteiger partial charge is 0.266 e. The monoisotopic (exact) mass is 354 g/mol. The first kappa shape index (κ1) is 16.4. The van der Waals surface area contributed by atoms with Crippen LogP contribution in [-0.2, 0) is 0 Å². The van der Waals surface area contributed by atoms with Gasteiger partial charge in [-0.25, -0.2) is 0 Å². The third-order valence-corrected chi connectivity index (χ3v) is 5.63. The number of carbonyl (C=O) groups excluding carboxylic acids is 1. The van der Waals surface area contributed by atoms with E-state index in [9.17, 15) is 4.79 Å². The second kappa shape index (κ2) is 6.94. The molecule has 2 aromatic heterocycles. The lowest BCUT2D eigenvalue weighted by Crippen LogP contribution is -2.32. The molecule has 0 spiro atoms. The Morgan fingerprint density at radius 1 is 1.26 bits per heavy atom. The first-order chi connectivity index (χ1) is 10.8. The molecule has 23 heavy (non-hydrogen) atoms. The zero-order valence-corrected chi connectivity index (χ0v) is 14.2. The molecule has 1 N–H and O–H groups in total. The summed E-state index contributed by atoms with van der Waals surface area (Å²) in [6, 6.07) is 1.89. The molecule has 0 bridgehead atoms. The molecule has 0 radical (unpaired) electrons. The summed E-state index contributed by atoms with van der Waals surface area (Å²) in [5, 5.41) is 16.6. The molecule has 124 valence electrons. The van der Waals surface area contributed by atoms with Crippen molar-refractivity contribution in [2.45, 2.75) is 12.8 Å². The number of hydrogen-bond donors (Lipinski definition) is 1. The Kier molecular flexibility index (Phi) is 4.93. The van der Waals surface area contributed by atoms with Gasteiger partial charge in [0.25, 0.3) is 5.91 Å². The van der Waals surface area contributed by atoms with Crippen molar-refractivity contribution in [3.63, 3.8) is 0 Å². The van der Waals surface area contributed by atoms with E-state index in [-0.39, 0.29) is 18.3 Å². The quantitative estimate of drug-likeness (QED) is 0.877. The molecule has 2 aromatic rings. The second-order valence-electron chi connectivity index (χ2n) is 5.94. The summed E-state index contributed by atoms with van der Waals surface area (Å²) < 4.78 is 1.56. The zero-order chi connectivity index (χ0) is 14.9. The van der Waals surface area contributed by atoms with Crippen molar-refractivity contribution in [3.8, 4) is 5.69 Å². The first-order valence-electron chi connectivity index (χ1n) is 7.64. The van der Waals surface area contributed by atoms with Gasteiger partial charge < -0.3 is 10.2 Å². The number of tetrazole rings is 1. The maximum Gasteiger partial charge on any atom is 0.266 e. The maximum atomic E-state index is 12.9. The van der Waals surface area contributed by atoms with E-state index in [2.05, 4.69) is 20.8 Å². The highest BCUT2D eigenvalue weighted by Gasteiger charge is 2.32. The van der Waals surface area contributed by atoms with Gasteiger partial charge >= 0.3 is 0 Å². The van der Waals surface area contributed by atoms with Gasteiger partial charge in [0.05, 0.1) is 5.69 Å². The Balaban J connectivity index is 0.00000156. The number of likely N-dealkylation sites (tertiary alicyclic amines) is 1. The summed E-state index contributed by atoms with van der Waals surface area (Å²) in [5.41, 5.74) is 0.770. The van der Waals surface area contributed by atoms with Crippen LogP contribution in [0, 0.1) is 11.8 Å². The number of amides is 1. The van der Waals surface area contributed by atoms with Crippen LogP contribution in [0.4, 0.5) is 0 Å². The number of aromatic nitrogens is 4. The van der Waals surface area contributed by atoms with Crippen LogP contribution in [0.25, 0.3) is 5.69 Å². The molecule has 0 saturated carbocycles. The van der Waals surface area contributed by atoms with Gasteiger partial charge in [0.2, 0.25) is 0 Å². The predicted molar refractivity (Wildman–Crippen MR) is 89.3 cm³/mol. The number of rotatable bonds is 2. The van der Waals surface area contributed by atoms with Crippen LogP contribution < -0.4 is 5.32 Å². The summed E-state index contributed by atoms with van der Waals surface area (Å²) in [4.78, 5) is 15.6. The minimum absolute atomic E-state index is 0. The van der Waals surface area contributed by atoms with Gasteiger partial charge in [-0.1, -0.05) is 0 Å². The molecule has 7 nitrogen and oxygen atoms in total. The molecule has 2 aliphatic heterocycles. The van der Waals surface area contributed by atoms with Crippen LogP contribution in [-0.4, -0.2) is 57.2 Å². The molecule has 4 heterocycles. The lowest BCUT2D eigenvalue weighted by Gasteiger charge is -2.20. The Labute approximate surface area is 144 Å². The number of thiophene rings is 1. The van der Waals surface area contributed by atoms with Crippen molar-refractivity contribution in [1.82, 2.24) is 30.4 Å². The molecule has 2 saturated heterocycles. The largest absolute Gasteiger partial charge is 0.338 e. The van der Waals surface area contributed by atoms with Crippen molar-refractivity contribution < 1.29 is 4.79 Å². The zero-order valence-electron chi connectivity index (χ0n) is 12.6. The summed E-state index contributed by atoms with van der Waals surface area (Å²) in [7, 11) is 0. The molecule has 0 aromatic carbocycles. The Morgan fingerprint density at radius 3 is 2.65 bits per heavy atom. The highest BCUT2D eigenvalue weighted by molar-refractivity contribution is 7.12. The van der Waals surface area contributed by atoms with Crippen molar-refractivity contribution >= 4 is 29.7 Å². The third-order valence-electron chi connectivity index (χ3n) is 4.74. The number of carbonyl (C=O) groups is 1. The summed E-state index contributed by atoms with van der Waals surface area (Å²) in [5.74, 6) is 1.55. The molecule has 1 amide bonds. The molecule has 0 unspecified atom stereocenters. The van der Waals surface area contributed by atoms with E-state index >= 15 is 0 Å². The van der Waals surface area contributed by atoms with Gasteiger partial charge in [-0.3, -0.25) is 4.79 Å². The van der Waals surface area contributed by atoms with Crippen molar-refractivity contribution in [2.24, 2.45) is 11.8 Å². The number of nitrogens with zero attached hydrogens (tertiary/aromatic N) is 5. The molecule has 2 atom stereocenters. The van der Waals surface area contributed by atoms with E-state index in [0.29, 0.717) is 0 Å². The van der Waals surface area contributed by atoms with E-state index < -0.39 is 0 Å². The topological polar surface area (TPSA) is 75.9 Å². The minimum Gasteiger partial charge on any atom is -0.338 e. The van der Waals surface area contributed by atoms with Gasteiger partial charge in [-0.05, 0) is 59.6 Å². The van der Waals surface area contributed by atoms with Crippen LogP contribution in [0.1, 0.15) is 22.5 Å². The Bertz CT molecular complexity index is 646. The number of halogens is 1. The first-order valence-corrected chi connectivity index (χ1v) is 8.52. The van der Waals surface area contributed by atoms with Gasteiger partial charge in [0, 0.05) is 13.1 Å².